The topological polar surface area (TPSA) is 95.7 Å². The number of hydrogen-bond donors (Lipinski definition) is 1. The van der Waals surface area contributed by atoms with Crippen LogP contribution in [-0.2, 0) is 23.7 Å². The van der Waals surface area contributed by atoms with Gasteiger partial charge in [-0.25, -0.2) is 4.18 Å². The van der Waals surface area contributed by atoms with Gasteiger partial charge in [-0.3, -0.25) is 4.79 Å². The molecule has 26 heavy (non-hydrogen) atoms. The Morgan fingerprint density at radius 2 is 1.81 bits per heavy atom. The number of carbonyl (C=O) groups excluding carboxylic acids is 1. The summed E-state index contributed by atoms with van der Waals surface area (Å²) in [6.07, 6.45) is 8.96. The van der Waals surface area contributed by atoms with E-state index in [2.05, 4.69) is 24.2 Å². The van der Waals surface area contributed by atoms with Crippen LogP contribution < -0.4 is 5.90 Å². The van der Waals surface area contributed by atoms with Crippen LogP contribution in [0.15, 0.2) is 11.6 Å². The second-order valence-corrected chi connectivity index (χ2v) is 10.3. The Bertz CT molecular complexity index is 747. The third kappa shape index (κ3) is 2.70. The molecule has 4 rings (SSSR count). The molecule has 6 unspecified atom stereocenters. The van der Waals surface area contributed by atoms with E-state index in [1.54, 1.807) is 0 Å². The molecule has 4 aliphatic carbocycles. The van der Waals surface area contributed by atoms with Gasteiger partial charge in [-0.15, -0.1) is 0 Å². The summed E-state index contributed by atoms with van der Waals surface area (Å²) in [5, 5.41) is 0. The maximum Gasteiger partial charge on any atom is 0.416 e. The smallest absolute Gasteiger partial charge is 0.299 e. The number of carbonyl (C=O) groups is 1. The fourth-order valence-corrected chi connectivity index (χ4v) is 7.21. The predicted octanol–water partition coefficient (Wildman–Crippen LogP) is 3.04. The molecule has 3 saturated carbocycles. The van der Waals surface area contributed by atoms with Crippen molar-refractivity contribution in [3.63, 3.8) is 0 Å². The van der Waals surface area contributed by atoms with Crippen LogP contribution in [0.25, 0.3) is 0 Å². The first kappa shape index (κ1) is 18.6. The van der Waals surface area contributed by atoms with Crippen molar-refractivity contribution in [1.29, 1.82) is 0 Å². The molecule has 0 spiro atoms. The first-order chi connectivity index (χ1) is 12.2. The summed E-state index contributed by atoms with van der Waals surface area (Å²) in [5.74, 6) is 6.90. The molecule has 2 N–H and O–H groups in total. The van der Waals surface area contributed by atoms with E-state index in [1.807, 2.05) is 0 Å². The molecule has 6 nitrogen and oxygen atoms in total. The molecule has 7 heteroatoms. The predicted molar refractivity (Wildman–Crippen MR) is 95.8 cm³/mol. The molecule has 4 aliphatic rings. The Morgan fingerprint density at radius 1 is 1.12 bits per heavy atom. The molecule has 0 aromatic heterocycles. The zero-order valence-electron chi connectivity index (χ0n) is 15.6. The van der Waals surface area contributed by atoms with Crippen molar-refractivity contribution < 1.29 is 21.7 Å². The largest absolute Gasteiger partial charge is 0.416 e. The first-order valence-corrected chi connectivity index (χ1v) is 11.1. The van der Waals surface area contributed by atoms with Gasteiger partial charge in [0.05, 0.1) is 6.10 Å². The number of nitrogens with two attached hydrogens (primary N) is 1. The second-order valence-electron chi connectivity index (χ2n) is 9.14. The lowest BCUT2D eigenvalue weighted by Gasteiger charge is -2.56. The fraction of sp³-hybridized carbons (Fsp3) is 0.842. The van der Waals surface area contributed by atoms with Crippen molar-refractivity contribution in [3.05, 3.63) is 11.6 Å². The van der Waals surface area contributed by atoms with Crippen molar-refractivity contribution in [2.24, 2.45) is 34.5 Å². The van der Waals surface area contributed by atoms with Crippen molar-refractivity contribution in [2.75, 3.05) is 0 Å². The van der Waals surface area contributed by atoms with E-state index in [-0.39, 0.29) is 10.8 Å². The third-order valence-electron chi connectivity index (χ3n) is 8.14. The summed E-state index contributed by atoms with van der Waals surface area (Å²) < 4.78 is 32.1. The minimum atomic E-state index is -4.11. The van der Waals surface area contributed by atoms with E-state index in [4.69, 9.17) is 10.1 Å². The molecule has 6 atom stereocenters. The van der Waals surface area contributed by atoms with Crippen LogP contribution in [0.4, 0.5) is 0 Å². The first-order valence-electron chi connectivity index (χ1n) is 9.74. The molecular weight excluding hydrogens is 354 g/mol. The van der Waals surface area contributed by atoms with Gasteiger partial charge in [-0.1, -0.05) is 25.5 Å². The van der Waals surface area contributed by atoms with Crippen molar-refractivity contribution in [1.82, 2.24) is 0 Å². The van der Waals surface area contributed by atoms with Crippen LogP contribution in [0.1, 0.15) is 65.2 Å². The lowest BCUT2D eigenvalue weighted by atomic mass is 9.48. The molecule has 146 valence electrons. The van der Waals surface area contributed by atoms with Gasteiger partial charge < -0.3 is 0 Å². The zero-order chi connectivity index (χ0) is 18.7. The highest BCUT2D eigenvalue weighted by Crippen LogP contribution is 2.64. The van der Waals surface area contributed by atoms with E-state index in [9.17, 15) is 13.2 Å². The van der Waals surface area contributed by atoms with Crippen LogP contribution in [0, 0.1) is 28.6 Å². The fourth-order valence-electron chi connectivity index (χ4n) is 6.67. The standard InChI is InChI=1S/C19H29NO5S/c1-18-9-7-13(24-26(22,23)25-20)11-12(18)3-4-14-15-5-6-17(21)19(15,2)10-8-16(14)18/h3,13-16H,4-11,20H2,1-2H3. The molecule has 0 bridgehead atoms. The van der Waals surface area contributed by atoms with E-state index in [0.717, 1.165) is 38.5 Å². The minimum Gasteiger partial charge on any atom is -0.299 e. The van der Waals surface area contributed by atoms with Gasteiger partial charge in [0.1, 0.15) is 5.78 Å². The Kier molecular flexibility index (Phi) is 4.38. The molecule has 0 amide bonds. The average Bonchev–Trinajstić information content (AvgIpc) is 2.90. The maximum absolute atomic E-state index is 12.5. The number of Topliss-reactive ketones (excluding diaryl/α,β-unsaturated/α-hetero) is 1. The number of hydrogen-bond acceptors (Lipinski definition) is 6. The Balaban J connectivity index is 1.57. The Hall–Kier alpha value is -0.760. The molecule has 0 aromatic carbocycles. The summed E-state index contributed by atoms with van der Waals surface area (Å²) in [6, 6.07) is 0. The van der Waals surface area contributed by atoms with E-state index >= 15 is 0 Å². The summed E-state index contributed by atoms with van der Waals surface area (Å²) >= 11 is 0. The summed E-state index contributed by atoms with van der Waals surface area (Å²) in [5.41, 5.74) is 1.29. The van der Waals surface area contributed by atoms with E-state index < -0.39 is 16.5 Å². The lowest BCUT2D eigenvalue weighted by molar-refractivity contribution is -0.131. The molecule has 0 aliphatic heterocycles. The monoisotopic (exact) mass is 383 g/mol. The number of ketones is 1. The van der Waals surface area contributed by atoms with Gasteiger partial charge in [0.15, 0.2) is 0 Å². The maximum atomic E-state index is 12.5. The summed E-state index contributed by atoms with van der Waals surface area (Å²) in [4.78, 5) is 12.5. The quantitative estimate of drug-likeness (QED) is 0.594. The second kappa shape index (κ2) is 6.12. The summed E-state index contributed by atoms with van der Waals surface area (Å²) in [7, 11) is -4.11. The van der Waals surface area contributed by atoms with Gasteiger partial charge in [0.2, 0.25) is 0 Å². The van der Waals surface area contributed by atoms with Crippen LogP contribution in [0.5, 0.6) is 0 Å². The van der Waals surface area contributed by atoms with Gasteiger partial charge in [-0.05, 0) is 68.1 Å². The van der Waals surface area contributed by atoms with E-state index in [1.165, 1.54) is 5.57 Å². The highest BCUT2D eigenvalue weighted by molar-refractivity contribution is 7.81. The average molecular weight is 384 g/mol. The third-order valence-corrected chi connectivity index (χ3v) is 8.88. The van der Waals surface area contributed by atoms with Crippen molar-refractivity contribution >= 4 is 16.2 Å². The lowest BCUT2D eigenvalue weighted by Crippen LogP contribution is -2.50. The Labute approximate surface area is 155 Å². The number of allylic oxidation sites excluding steroid dienone is 1. The number of fused-ring (bicyclic) bond motifs is 5. The highest BCUT2D eigenvalue weighted by Gasteiger charge is 2.58. The normalized spacial score (nSPS) is 45.5. The van der Waals surface area contributed by atoms with E-state index in [0.29, 0.717) is 36.4 Å². The van der Waals surface area contributed by atoms with Gasteiger partial charge in [0, 0.05) is 11.8 Å². The SMILES string of the molecule is CC12CCC3C(CC=C4CC(OS(=O)(=O)ON)CCC43C)C1CCC2=O. The Morgan fingerprint density at radius 3 is 2.54 bits per heavy atom. The summed E-state index contributed by atoms with van der Waals surface area (Å²) in [6.45, 7) is 4.52. The molecule has 3 fully saturated rings. The molecule has 0 radical (unpaired) electrons. The highest BCUT2D eigenvalue weighted by atomic mass is 32.3. The van der Waals surface area contributed by atoms with Crippen molar-refractivity contribution in [2.45, 2.75) is 71.3 Å². The zero-order valence-corrected chi connectivity index (χ0v) is 16.4. The van der Waals surface area contributed by atoms with Crippen LogP contribution in [-0.4, -0.2) is 20.3 Å². The van der Waals surface area contributed by atoms with Gasteiger partial charge in [-0.2, -0.15) is 18.6 Å². The van der Waals surface area contributed by atoms with Crippen molar-refractivity contribution in [3.8, 4) is 0 Å². The van der Waals surface area contributed by atoms with Gasteiger partial charge >= 0.3 is 10.4 Å². The van der Waals surface area contributed by atoms with Gasteiger partial charge in [0.25, 0.3) is 0 Å². The number of rotatable bonds is 3. The van der Waals surface area contributed by atoms with Crippen LogP contribution in [0.2, 0.25) is 0 Å². The molecule has 0 saturated heterocycles. The van der Waals surface area contributed by atoms with Crippen LogP contribution in [0.3, 0.4) is 0 Å². The van der Waals surface area contributed by atoms with Crippen LogP contribution >= 0.6 is 0 Å². The molecule has 0 aromatic rings. The molecular formula is C19H29NO5S. The minimum absolute atomic E-state index is 0.0864. The molecule has 0 heterocycles.